The van der Waals surface area contributed by atoms with Crippen molar-refractivity contribution in [2.75, 3.05) is 26.2 Å². The summed E-state index contributed by atoms with van der Waals surface area (Å²) >= 11 is 0. The number of hydrogen-bond acceptors (Lipinski definition) is 3. The van der Waals surface area contributed by atoms with Crippen LogP contribution in [0.4, 0.5) is 0 Å². The molecule has 0 aliphatic carbocycles. The Hall–Kier alpha value is -0.810. The Morgan fingerprint density at radius 2 is 1.90 bits per heavy atom. The third-order valence-corrected chi connectivity index (χ3v) is 3.37. The molecule has 1 saturated heterocycles. The van der Waals surface area contributed by atoms with Gasteiger partial charge in [-0.2, -0.15) is 0 Å². The van der Waals surface area contributed by atoms with E-state index in [4.69, 9.17) is 0 Å². The molecule has 0 aromatic rings. The van der Waals surface area contributed by atoms with Crippen molar-refractivity contribution in [1.82, 2.24) is 16.0 Å². The lowest BCUT2D eigenvalue weighted by Crippen LogP contribution is -2.38. The van der Waals surface area contributed by atoms with E-state index in [-0.39, 0.29) is 24.2 Å². The van der Waals surface area contributed by atoms with Gasteiger partial charge in [0.1, 0.15) is 0 Å². The van der Waals surface area contributed by atoms with Crippen LogP contribution in [-0.2, 0) is 9.59 Å². The number of amides is 2. The largest absolute Gasteiger partial charge is 0.356 e. The Morgan fingerprint density at radius 3 is 2.50 bits per heavy atom. The second-order valence-corrected chi connectivity index (χ2v) is 5.22. The smallest absolute Gasteiger partial charge is 0.220 e. The van der Waals surface area contributed by atoms with Crippen molar-refractivity contribution in [3.8, 4) is 0 Å². The maximum absolute atomic E-state index is 11.6. The van der Waals surface area contributed by atoms with Gasteiger partial charge >= 0.3 is 0 Å². The molecule has 3 N–H and O–H groups in total. The summed E-state index contributed by atoms with van der Waals surface area (Å²) < 4.78 is 0. The van der Waals surface area contributed by atoms with Gasteiger partial charge in [0.05, 0.1) is 0 Å². The number of halogens is 1. The predicted molar refractivity (Wildman–Crippen MR) is 83.0 cm³/mol. The van der Waals surface area contributed by atoms with Gasteiger partial charge in [0.15, 0.2) is 0 Å². The minimum Gasteiger partial charge on any atom is -0.356 e. The summed E-state index contributed by atoms with van der Waals surface area (Å²) in [5, 5.41) is 9.10. The van der Waals surface area contributed by atoms with Gasteiger partial charge in [0, 0.05) is 25.9 Å². The number of piperidine rings is 1. The quantitative estimate of drug-likeness (QED) is 0.631. The van der Waals surface area contributed by atoms with Gasteiger partial charge in [-0.1, -0.05) is 6.92 Å². The SMILES string of the molecule is CCCNC(=O)CCCC(=O)NCC1CCCNC1.Cl. The highest BCUT2D eigenvalue weighted by Gasteiger charge is 2.13. The highest BCUT2D eigenvalue weighted by atomic mass is 35.5. The predicted octanol–water partition coefficient (Wildman–Crippen LogP) is 1.22. The number of nitrogens with one attached hydrogen (secondary N) is 3. The Morgan fingerprint density at radius 1 is 1.20 bits per heavy atom. The van der Waals surface area contributed by atoms with Gasteiger partial charge in [0.25, 0.3) is 0 Å². The van der Waals surface area contributed by atoms with Crippen LogP contribution >= 0.6 is 12.4 Å². The van der Waals surface area contributed by atoms with Crippen molar-refractivity contribution >= 4 is 24.2 Å². The first-order chi connectivity index (χ1) is 9.22. The molecule has 1 fully saturated rings. The van der Waals surface area contributed by atoms with E-state index in [0.29, 0.717) is 25.2 Å². The number of hydrogen-bond donors (Lipinski definition) is 3. The number of carbonyl (C=O) groups excluding carboxylic acids is 2. The van der Waals surface area contributed by atoms with Gasteiger partial charge in [-0.15, -0.1) is 12.4 Å². The zero-order valence-corrected chi connectivity index (χ0v) is 13.2. The molecule has 1 aliphatic heterocycles. The average molecular weight is 306 g/mol. The van der Waals surface area contributed by atoms with Gasteiger partial charge < -0.3 is 16.0 Å². The van der Waals surface area contributed by atoms with Crippen LogP contribution in [0.15, 0.2) is 0 Å². The summed E-state index contributed by atoms with van der Waals surface area (Å²) in [6.45, 7) is 5.60. The van der Waals surface area contributed by atoms with E-state index < -0.39 is 0 Å². The van der Waals surface area contributed by atoms with Crippen LogP contribution in [0.3, 0.4) is 0 Å². The van der Waals surface area contributed by atoms with Crippen LogP contribution in [-0.4, -0.2) is 38.0 Å². The third-order valence-electron chi connectivity index (χ3n) is 3.37. The molecule has 118 valence electrons. The molecule has 20 heavy (non-hydrogen) atoms. The number of rotatable bonds is 8. The Kier molecular flexibility index (Phi) is 11.5. The van der Waals surface area contributed by atoms with Crippen LogP contribution in [0.25, 0.3) is 0 Å². The Balaban J connectivity index is 0.00000361. The molecule has 1 rings (SSSR count). The van der Waals surface area contributed by atoms with Gasteiger partial charge in [-0.3, -0.25) is 9.59 Å². The van der Waals surface area contributed by atoms with Crippen molar-refractivity contribution in [3.63, 3.8) is 0 Å². The molecule has 1 atom stereocenters. The maximum Gasteiger partial charge on any atom is 0.220 e. The zero-order valence-electron chi connectivity index (χ0n) is 12.4. The van der Waals surface area contributed by atoms with Crippen molar-refractivity contribution in [1.29, 1.82) is 0 Å². The minimum absolute atomic E-state index is 0. The second-order valence-electron chi connectivity index (χ2n) is 5.22. The van der Waals surface area contributed by atoms with E-state index in [9.17, 15) is 9.59 Å². The maximum atomic E-state index is 11.6. The lowest BCUT2D eigenvalue weighted by atomic mass is 10.00. The van der Waals surface area contributed by atoms with Crippen LogP contribution in [0.5, 0.6) is 0 Å². The Labute approximate surface area is 128 Å². The van der Waals surface area contributed by atoms with Crippen LogP contribution in [0, 0.1) is 5.92 Å². The van der Waals surface area contributed by atoms with Crippen molar-refractivity contribution in [3.05, 3.63) is 0 Å². The molecule has 2 amide bonds. The molecular formula is C14H28ClN3O2. The fourth-order valence-electron chi connectivity index (χ4n) is 2.21. The molecule has 0 bridgehead atoms. The topological polar surface area (TPSA) is 70.2 Å². The lowest BCUT2D eigenvalue weighted by Gasteiger charge is -2.22. The van der Waals surface area contributed by atoms with Crippen LogP contribution < -0.4 is 16.0 Å². The molecule has 0 radical (unpaired) electrons. The molecule has 0 saturated carbocycles. The van der Waals surface area contributed by atoms with E-state index in [2.05, 4.69) is 16.0 Å². The van der Waals surface area contributed by atoms with E-state index in [1.807, 2.05) is 6.92 Å². The molecule has 5 nitrogen and oxygen atoms in total. The van der Waals surface area contributed by atoms with Gasteiger partial charge in [-0.25, -0.2) is 0 Å². The summed E-state index contributed by atoms with van der Waals surface area (Å²) in [7, 11) is 0. The molecule has 1 aliphatic rings. The van der Waals surface area contributed by atoms with E-state index in [1.165, 1.54) is 12.8 Å². The van der Waals surface area contributed by atoms with Crippen molar-refractivity contribution in [2.24, 2.45) is 5.92 Å². The van der Waals surface area contributed by atoms with E-state index in [0.717, 1.165) is 32.6 Å². The summed E-state index contributed by atoms with van der Waals surface area (Å²) in [5.74, 6) is 0.672. The number of carbonyl (C=O) groups is 2. The van der Waals surface area contributed by atoms with E-state index in [1.54, 1.807) is 0 Å². The zero-order chi connectivity index (χ0) is 13.9. The van der Waals surface area contributed by atoms with E-state index >= 15 is 0 Å². The monoisotopic (exact) mass is 305 g/mol. The second kappa shape index (κ2) is 12.0. The molecule has 6 heteroatoms. The Bertz CT molecular complexity index is 282. The normalized spacial score (nSPS) is 17.9. The van der Waals surface area contributed by atoms with Crippen molar-refractivity contribution < 1.29 is 9.59 Å². The lowest BCUT2D eigenvalue weighted by molar-refractivity contribution is -0.122. The first kappa shape index (κ1) is 19.2. The van der Waals surface area contributed by atoms with Gasteiger partial charge in [0.2, 0.25) is 11.8 Å². The first-order valence-corrected chi connectivity index (χ1v) is 7.46. The molecule has 0 aromatic heterocycles. The summed E-state index contributed by atoms with van der Waals surface area (Å²) in [6, 6.07) is 0. The molecule has 0 aromatic carbocycles. The third kappa shape index (κ3) is 9.15. The van der Waals surface area contributed by atoms with Crippen molar-refractivity contribution in [2.45, 2.75) is 45.4 Å². The average Bonchev–Trinajstić information content (AvgIpc) is 2.44. The molecule has 1 heterocycles. The standard InChI is InChI=1S/C14H27N3O2.ClH/c1-2-8-16-13(18)6-3-7-14(19)17-11-12-5-4-9-15-10-12;/h12,15H,2-11H2,1H3,(H,16,18)(H,17,19);1H. The highest BCUT2D eigenvalue weighted by Crippen LogP contribution is 2.08. The fraction of sp³-hybridized carbons (Fsp3) is 0.857. The summed E-state index contributed by atoms with van der Waals surface area (Å²) in [6.07, 6.45) is 4.84. The summed E-state index contributed by atoms with van der Waals surface area (Å²) in [5.41, 5.74) is 0. The first-order valence-electron chi connectivity index (χ1n) is 7.46. The molecular weight excluding hydrogens is 278 g/mol. The van der Waals surface area contributed by atoms with Crippen LogP contribution in [0.1, 0.15) is 45.4 Å². The molecule has 1 unspecified atom stereocenters. The molecule has 0 spiro atoms. The van der Waals surface area contributed by atoms with Crippen LogP contribution in [0.2, 0.25) is 0 Å². The fourth-order valence-corrected chi connectivity index (χ4v) is 2.21. The highest BCUT2D eigenvalue weighted by molar-refractivity contribution is 5.85. The summed E-state index contributed by atoms with van der Waals surface area (Å²) in [4.78, 5) is 23.0. The van der Waals surface area contributed by atoms with Gasteiger partial charge in [-0.05, 0) is 44.7 Å². The minimum atomic E-state index is 0.